The van der Waals surface area contributed by atoms with E-state index in [-0.39, 0.29) is 12.5 Å². The summed E-state index contributed by atoms with van der Waals surface area (Å²) >= 11 is 1.30. The first kappa shape index (κ1) is 17.2. The molecule has 0 bridgehead atoms. The Balaban J connectivity index is 1.58. The number of nitrogens with one attached hydrogen (secondary N) is 1. The summed E-state index contributed by atoms with van der Waals surface area (Å²) in [7, 11) is -3.54. The van der Waals surface area contributed by atoms with Crippen molar-refractivity contribution in [1.29, 1.82) is 0 Å². The molecule has 1 amide bonds. The maximum atomic E-state index is 13.0. The summed E-state index contributed by atoms with van der Waals surface area (Å²) in [6.07, 6.45) is 0. The molecule has 1 aliphatic heterocycles. The van der Waals surface area contributed by atoms with E-state index >= 15 is 0 Å². The van der Waals surface area contributed by atoms with E-state index in [1.807, 2.05) is 35.0 Å². The van der Waals surface area contributed by atoms with Crippen LogP contribution in [-0.2, 0) is 34.5 Å². The lowest BCUT2D eigenvalue weighted by atomic mass is 10.3. The molecule has 2 aromatic heterocycles. The normalized spacial score (nSPS) is 15.1. The molecule has 0 saturated carbocycles. The number of rotatable bonds is 4. The number of benzene rings is 1. The number of thiophene rings is 1. The number of carbonyl (C=O) groups excluding carboxylic acids is 1. The van der Waals surface area contributed by atoms with Gasteiger partial charge in [-0.2, -0.15) is 9.40 Å². The van der Waals surface area contributed by atoms with Gasteiger partial charge >= 0.3 is 0 Å². The van der Waals surface area contributed by atoms with Gasteiger partial charge in [-0.25, -0.2) is 8.42 Å². The van der Waals surface area contributed by atoms with Crippen LogP contribution in [0, 0.1) is 0 Å². The molecule has 26 heavy (non-hydrogen) atoms. The van der Waals surface area contributed by atoms with Crippen LogP contribution in [0.4, 0.5) is 0 Å². The predicted molar refractivity (Wildman–Crippen MR) is 99.2 cm³/mol. The first-order chi connectivity index (χ1) is 12.4. The SMILES string of the molecule is CC(=O)NCc1cc2n(n1)CCN(S(=O)(=O)c1cc3ccccc3s1)C2. The number of hydrogen-bond donors (Lipinski definition) is 1. The van der Waals surface area contributed by atoms with Gasteiger partial charge in [-0.3, -0.25) is 9.48 Å². The van der Waals surface area contributed by atoms with Crippen molar-refractivity contribution in [1.82, 2.24) is 19.4 Å². The average Bonchev–Trinajstić information content (AvgIpc) is 3.23. The Morgan fingerprint density at radius 3 is 2.85 bits per heavy atom. The van der Waals surface area contributed by atoms with Gasteiger partial charge in [-0.1, -0.05) is 18.2 Å². The van der Waals surface area contributed by atoms with Crippen LogP contribution in [-0.4, -0.2) is 35.0 Å². The van der Waals surface area contributed by atoms with Gasteiger partial charge in [0.15, 0.2) is 0 Å². The molecule has 0 fully saturated rings. The molecule has 1 N–H and O–H groups in total. The standard InChI is InChI=1S/C17H18N4O3S2/c1-12(22)18-10-14-9-15-11-20(6-7-21(15)19-14)26(23,24)17-8-13-4-2-3-5-16(13)25-17/h2-5,8-9H,6-7,10-11H2,1H3,(H,18,22). The lowest BCUT2D eigenvalue weighted by Gasteiger charge is -2.26. The second-order valence-corrected chi connectivity index (χ2v) is 9.45. The van der Waals surface area contributed by atoms with Crippen molar-refractivity contribution in [2.24, 2.45) is 0 Å². The Morgan fingerprint density at radius 1 is 1.27 bits per heavy atom. The van der Waals surface area contributed by atoms with Crippen LogP contribution in [0.2, 0.25) is 0 Å². The number of aromatic nitrogens is 2. The number of carbonyl (C=O) groups is 1. The van der Waals surface area contributed by atoms with Gasteiger partial charge in [0.05, 0.1) is 31.0 Å². The zero-order chi connectivity index (χ0) is 18.3. The number of sulfonamides is 1. The zero-order valence-corrected chi connectivity index (χ0v) is 15.8. The van der Waals surface area contributed by atoms with Crippen LogP contribution in [0.25, 0.3) is 10.1 Å². The Bertz CT molecular complexity index is 1050. The highest BCUT2D eigenvalue weighted by Crippen LogP contribution is 2.32. The molecule has 0 atom stereocenters. The van der Waals surface area contributed by atoms with Crippen molar-refractivity contribution >= 4 is 37.4 Å². The topological polar surface area (TPSA) is 84.3 Å². The average molecular weight is 390 g/mol. The van der Waals surface area contributed by atoms with E-state index < -0.39 is 10.0 Å². The molecule has 136 valence electrons. The molecule has 0 radical (unpaired) electrons. The van der Waals surface area contributed by atoms with Gasteiger partial charge in [0.2, 0.25) is 5.91 Å². The first-order valence-electron chi connectivity index (χ1n) is 8.22. The van der Waals surface area contributed by atoms with E-state index in [2.05, 4.69) is 10.4 Å². The van der Waals surface area contributed by atoms with Crippen LogP contribution >= 0.6 is 11.3 Å². The monoisotopic (exact) mass is 390 g/mol. The zero-order valence-electron chi connectivity index (χ0n) is 14.2. The highest BCUT2D eigenvalue weighted by atomic mass is 32.2. The van der Waals surface area contributed by atoms with Crippen molar-refractivity contribution in [3.63, 3.8) is 0 Å². The summed E-state index contributed by atoms with van der Waals surface area (Å²) in [5.41, 5.74) is 1.57. The Kier molecular flexibility index (Phi) is 4.29. The van der Waals surface area contributed by atoms with E-state index in [9.17, 15) is 13.2 Å². The molecule has 1 aliphatic rings. The van der Waals surface area contributed by atoms with Gasteiger partial charge in [0, 0.05) is 18.2 Å². The molecule has 3 aromatic rings. The molecular formula is C17H18N4O3S2. The van der Waals surface area contributed by atoms with Crippen LogP contribution < -0.4 is 5.32 Å². The molecule has 0 saturated heterocycles. The van der Waals surface area contributed by atoms with Gasteiger partial charge in [0.1, 0.15) is 4.21 Å². The molecule has 3 heterocycles. The van der Waals surface area contributed by atoms with Gasteiger partial charge < -0.3 is 5.32 Å². The molecule has 0 aliphatic carbocycles. The molecule has 0 spiro atoms. The fourth-order valence-corrected chi connectivity index (χ4v) is 5.98. The minimum absolute atomic E-state index is 0.120. The highest BCUT2D eigenvalue weighted by molar-refractivity contribution is 7.91. The Morgan fingerprint density at radius 2 is 2.08 bits per heavy atom. The van der Waals surface area contributed by atoms with E-state index in [4.69, 9.17) is 0 Å². The molecule has 1 aromatic carbocycles. The van der Waals surface area contributed by atoms with Crippen molar-refractivity contribution in [2.75, 3.05) is 6.54 Å². The third kappa shape index (κ3) is 3.13. The largest absolute Gasteiger partial charge is 0.351 e. The van der Waals surface area contributed by atoms with E-state index in [0.717, 1.165) is 21.5 Å². The van der Waals surface area contributed by atoms with Crippen molar-refractivity contribution < 1.29 is 13.2 Å². The lowest BCUT2D eigenvalue weighted by molar-refractivity contribution is -0.119. The van der Waals surface area contributed by atoms with E-state index in [1.54, 1.807) is 6.07 Å². The van der Waals surface area contributed by atoms with E-state index in [1.165, 1.54) is 22.6 Å². The second kappa shape index (κ2) is 6.49. The number of amides is 1. The third-order valence-electron chi connectivity index (χ3n) is 4.33. The summed E-state index contributed by atoms with van der Waals surface area (Å²) in [5.74, 6) is -0.120. The highest BCUT2D eigenvalue weighted by Gasteiger charge is 2.30. The summed E-state index contributed by atoms with van der Waals surface area (Å²) < 4.78 is 30.7. The molecule has 7 nitrogen and oxygen atoms in total. The van der Waals surface area contributed by atoms with Crippen LogP contribution in [0.5, 0.6) is 0 Å². The summed E-state index contributed by atoms with van der Waals surface area (Å²) in [6, 6.07) is 11.3. The Hall–Kier alpha value is -2.23. The van der Waals surface area contributed by atoms with Gasteiger partial charge in [-0.05, 0) is 23.6 Å². The Labute approximate surface area is 155 Å². The van der Waals surface area contributed by atoms with Crippen LogP contribution in [0.3, 0.4) is 0 Å². The maximum absolute atomic E-state index is 13.0. The lowest BCUT2D eigenvalue weighted by Crippen LogP contribution is -2.38. The second-order valence-electron chi connectivity index (χ2n) is 6.20. The molecule has 4 rings (SSSR count). The number of fused-ring (bicyclic) bond motifs is 2. The summed E-state index contributed by atoms with van der Waals surface area (Å²) in [4.78, 5) is 11.0. The van der Waals surface area contributed by atoms with Crippen molar-refractivity contribution in [3.05, 3.63) is 47.8 Å². The fourth-order valence-electron chi connectivity index (χ4n) is 3.02. The van der Waals surface area contributed by atoms with Gasteiger partial charge in [0.25, 0.3) is 10.0 Å². The minimum atomic E-state index is -3.54. The maximum Gasteiger partial charge on any atom is 0.253 e. The van der Waals surface area contributed by atoms with Crippen LogP contribution in [0.1, 0.15) is 18.3 Å². The van der Waals surface area contributed by atoms with E-state index in [0.29, 0.717) is 23.8 Å². The van der Waals surface area contributed by atoms with Crippen molar-refractivity contribution in [3.8, 4) is 0 Å². The van der Waals surface area contributed by atoms with Crippen molar-refractivity contribution in [2.45, 2.75) is 30.8 Å². The predicted octanol–water partition coefficient (Wildman–Crippen LogP) is 1.94. The number of hydrogen-bond acceptors (Lipinski definition) is 5. The molecule has 9 heteroatoms. The van der Waals surface area contributed by atoms with Crippen LogP contribution in [0.15, 0.2) is 40.6 Å². The molecule has 0 unspecified atom stereocenters. The first-order valence-corrected chi connectivity index (χ1v) is 10.5. The fraction of sp³-hybridized carbons (Fsp3) is 0.294. The minimum Gasteiger partial charge on any atom is -0.351 e. The molecular weight excluding hydrogens is 372 g/mol. The quantitative estimate of drug-likeness (QED) is 0.738. The smallest absolute Gasteiger partial charge is 0.253 e. The van der Waals surface area contributed by atoms with Gasteiger partial charge in [-0.15, -0.1) is 11.3 Å². The summed E-state index contributed by atoms with van der Waals surface area (Å²) in [6.45, 7) is 2.96. The number of nitrogens with zero attached hydrogens (tertiary/aromatic N) is 3. The summed E-state index contributed by atoms with van der Waals surface area (Å²) in [5, 5.41) is 8.08. The third-order valence-corrected chi connectivity index (χ3v) is 7.74.